The van der Waals surface area contributed by atoms with E-state index in [9.17, 15) is 4.79 Å². The van der Waals surface area contributed by atoms with E-state index in [-0.39, 0.29) is 5.91 Å². The zero-order valence-electron chi connectivity index (χ0n) is 16.2. The number of likely N-dealkylation sites (tertiary alicyclic amines) is 1. The summed E-state index contributed by atoms with van der Waals surface area (Å²) in [6.07, 6.45) is 9.39. The van der Waals surface area contributed by atoms with Crippen LogP contribution in [-0.2, 0) is 18.4 Å². The van der Waals surface area contributed by atoms with Gasteiger partial charge in [0.15, 0.2) is 5.65 Å². The van der Waals surface area contributed by atoms with Gasteiger partial charge in [-0.25, -0.2) is 9.67 Å². The molecule has 4 rings (SSSR count). The lowest BCUT2D eigenvalue weighted by atomic mass is 9.98. The van der Waals surface area contributed by atoms with Crippen molar-refractivity contribution in [3.05, 3.63) is 24.8 Å². The summed E-state index contributed by atoms with van der Waals surface area (Å²) in [4.78, 5) is 22.9. The van der Waals surface area contributed by atoms with Crippen LogP contribution in [0.15, 0.2) is 24.8 Å². The van der Waals surface area contributed by atoms with E-state index in [0.29, 0.717) is 18.4 Å². The summed E-state index contributed by atoms with van der Waals surface area (Å²) in [5.41, 5.74) is 1.65. The Morgan fingerprint density at radius 1 is 1.29 bits per heavy atom. The first-order chi connectivity index (χ1) is 13.6. The molecule has 28 heavy (non-hydrogen) atoms. The topological polar surface area (TPSA) is 106 Å². The van der Waals surface area contributed by atoms with Crippen LogP contribution >= 0.6 is 0 Å². The van der Waals surface area contributed by atoms with Gasteiger partial charge in [-0.3, -0.25) is 14.4 Å². The first kappa shape index (κ1) is 18.4. The van der Waals surface area contributed by atoms with Crippen LogP contribution in [0, 0.1) is 5.92 Å². The number of rotatable bonds is 6. The van der Waals surface area contributed by atoms with Gasteiger partial charge in [-0.05, 0) is 25.3 Å². The number of anilines is 2. The molecule has 3 aromatic rings. The Labute approximate surface area is 162 Å². The number of nitrogens with one attached hydrogen (secondary N) is 2. The third-order valence-electron chi connectivity index (χ3n) is 5.02. The highest BCUT2D eigenvalue weighted by atomic mass is 16.1. The molecule has 10 heteroatoms. The summed E-state index contributed by atoms with van der Waals surface area (Å²) >= 11 is 0. The van der Waals surface area contributed by atoms with Gasteiger partial charge in [-0.15, -0.1) is 0 Å². The summed E-state index contributed by atoms with van der Waals surface area (Å²) < 4.78 is 3.66. The summed E-state index contributed by atoms with van der Waals surface area (Å²) in [5.74, 6) is 1.02. The van der Waals surface area contributed by atoms with Crippen molar-refractivity contribution in [1.82, 2.24) is 39.7 Å². The molecule has 0 aliphatic carbocycles. The Balaban J connectivity index is 1.47. The highest BCUT2D eigenvalue weighted by molar-refractivity contribution is 5.77. The van der Waals surface area contributed by atoms with Crippen molar-refractivity contribution < 1.29 is 4.79 Å². The minimum absolute atomic E-state index is 0.0593. The van der Waals surface area contributed by atoms with Gasteiger partial charge in [-0.2, -0.15) is 15.2 Å². The Morgan fingerprint density at radius 3 is 2.96 bits per heavy atom. The summed E-state index contributed by atoms with van der Waals surface area (Å²) in [6.45, 7) is 3.08. The molecule has 0 aromatic carbocycles. The Morgan fingerprint density at radius 2 is 2.18 bits per heavy atom. The van der Waals surface area contributed by atoms with Crippen molar-refractivity contribution in [3.8, 4) is 0 Å². The van der Waals surface area contributed by atoms with Crippen molar-refractivity contribution in [2.75, 3.05) is 32.0 Å². The Bertz CT molecular complexity index is 963. The summed E-state index contributed by atoms with van der Waals surface area (Å²) in [6, 6.07) is 0. The third kappa shape index (κ3) is 4.11. The van der Waals surface area contributed by atoms with Crippen molar-refractivity contribution in [1.29, 1.82) is 0 Å². The molecule has 4 heterocycles. The van der Waals surface area contributed by atoms with Gasteiger partial charge in [-0.1, -0.05) is 0 Å². The van der Waals surface area contributed by atoms with Crippen LogP contribution in [0.1, 0.15) is 12.8 Å². The minimum Gasteiger partial charge on any atom is -0.358 e. The first-order valence-corrected chi connectivity index (χ1v) is 9.48. The van der Waals surface area contributed by atoms with Crippen molar-refractivity contribution in [3.63, 3.8) is 0 Å². The zero-order valence-corrected chi connectivity index (χ0v) is 16.2. The second kappa shape index (κ2) is 7.93. The normalized spacial score (nSPS) is 17.7. The number of hydrogen-bond acceptors (Lipinski definition) is 7. The van der Waals surface area contributed by atoms with Crippen LogP contribution < -0.4 is 10.6 Å². The number of likely N-dealkylation sites (N-methyl/N-ethyl adjacent to an activating group) is 1. The smallest absolute Gasteiger partial charge is 0.233 e. The molecule has 0 saturated carbocycles. The van der Waals surface area contributed by atoms with Gasteiger partial charge in [0.2, 0.25) is 11.9 Å². The highest BCUT2D eigenvalue weighted by Gasteiger charge is 2.22. The van der Waals surface area contributed by atoms with Crippen LogP contribution in [0.25, 0.3) is 11.0 Å². The molecule has 148 valence electrons. The zero-order chi connectivity index (χ0) is 19.5. The maximum Gasteiger partial charge on any atom is 0.233 e. The standard InChI is InChI=1S/C18H25N9O/c1-19-16(28)12-26-5-3-4-13(9-26)10-27-17-14(7-22-27)6-20-18(24-17)23-15-8-21-25(2)11-15/h6-8,11,13H,3-5,9-10,12H2,1-2H3,(H,19,28)(H,20,23,24). The monoisotopic (exact) mass is 383 g/mol. The summed E-state index contributed by atoms with van der Waals surface area (Å²) in [5, 5.41) is 15.4. The van der Waals surface area contributed by atoms with E-state index >= 15 is 0 Å². The highest BCUT2D eigenvalue weighted by Crippen LogP contribution is 2.21. The van der Waals surface area contributed by atoms with Crippen LogP contribution in [0.4, 0.5) is 11.6 Å². The number of hydrogen-bond donors (Lipinski definition) is 2. The van der Waals surface area contributed by atoms with Crippen LogP contribution in [0.2, 0.25) is 0 Å². The molecule has 1 unspecified atom stereocenters. The molecule has 1 atom stereocenters. The van der Waals surface area contributed by atoms with E-state index in [4.69, 9.17) is 0 Å². The van der Waals surface area contributed by atoms with Crippen LogP contribution in [0.3, 0.4) is 0 Å². The number of amides is 1. The van der Waals surface area contributed by atoms with E-state index in [1.54, 1.807) is 30.3 Å². The lowest BCUT2D eigenvalue weighted by Gasteiger charge is -2.32. The second-order valence-electron chi connectivity index (χ2n) is 7.24. The maximum absolute atomic E-state index is 11.7. The average molecular weight is 383 g/mol. The Kier molecular flexibility index (Phi) is 5.20. The van der Waals surface area contributed by atoms with E-state index in [1.807, 2.05) is 17.9 Å². The van der Waals surface area contributed by atoms with Crippen LogP contribution in [-0.4, -0.2) is 67.0 Å². The predicted molar refractivity (Wildman–Crippen MR) is 105 cm³/mol. The lowest BCUT2D eigenvalue weighted by Crippen LogP contribution is -2.42. The number of carbonyl (C=O) groups excluding carboxylic acids is 1. The molecule has 1 aliphatic rings. The average Bonchev–Trinajstić information content (AvgIpc) is 3.28. The summed E-state index contributed by atoms with van der Waals surface area (Å²) in [7, 11) is 3.54. The van der Waals surface area contributed by atoms with E-state index in [1.165, 1.54) is 0 Å². The quantitative estimate of drug-likeness (QED) is 0.647. The molecule has 0 bridgehead atoms. The van der Waals surface area contributed by atoms with E-state index in [2.05, 4.69) is 35.7 Å². The Hall–Kier alpha value is -3.01. The molecule has 3 aromatic heterocycles. The fourth-order valence-corrected chi connectivity index (χ4v) is 3.65. The molecule has 1 aliphatic heterocycles. The number of carbonyl (C=O) groups is 1. The van der Waals surface area contributed by atoms with Gasteiger partial charge in [0.1, 0.15) is 0 Å². The SMILES string of the molecule is CNC(=O)CN1CCCC(Cn2ncc3cnc(Nc4cnn(C)c4)nc32)C1. The van der Waals surface area contributed by atoms with Crippen LogP contribution in [0.5, 0.6) is 0 Å². The van der Waals surface area contributed by atoms with E-state index < -0.39 is 0 Å². The molecule has 0 radical (unpaired) electrons. The van der Waals surface area contributed by atoms with E-state index in [0.717, 1.165) is 49.2 Å². The maximum atomic E-state index is 11.7. The van der Waals surface area contributed by atoms with Gasteiger partial charge in [0, 0.05) is 39.6 Å². The fraction of sp³-hybridized carbons (Fsp3) is 0.500. The number of aromatic nitrogens is 6. The number of aryl methyl sites for hydroxylation is 1. The molecular weight excluding hydrogens is 358 g/mol. The molecule has 2 N–H and O–H groups in total. The molecule has 0 spiro atoms. The number of piperidine rings is 1. The molecule has 1 fully saturated rings. The largest absolute Gasteiger partial charge is 0.358 e. The lowest BCUT2D eigenvalue weighted by molar-refractivity contribution is -0.122. The van der Waals surface area contributed by atoms with Crippen molar-refractivity contribution >= 4 is 28.6 Å². The molecule has 1 amide bonds. The van der Waals surface area contributed by atoms with Gasteiger partial charge < -0.3 is 10.6 Å². The molecule has 1 saturated heterocycles. The van der Waals surface area contributed by atoms with Crippen molar-refractivity contribution in [2.24, 2.45) is 13.0 Å². The minimum atomic E-state index is 0.0593. The first-order valence-electron chi connectivity index (χ1n) is 9.48. The molecular formula is C18H25N9O. The predicted octanol–water partition coefficient (Wildman–Crippen LogP) is 0.761. The fourth-order valence-electron chi connectivity index (χ4n) is 3.65. The number of fused-ring (bicyclic) bond motifs is 1. The van der Waals surface area contributed by atoms with Gasteiger partial charge in [0.25, 0.3) is 0 Å². The van der Waals surface area contributed by atoms with Gasteiger partial charge in [0.05, 0.1) is 30.0 Å². The second-order valence-corrected chi connectivity index (χ2v) is 7.24. The molecule has 10 nitrogen and oxygen atoms in total. The van der Waals surface area contributed by atoms with Gasteiger partial charge >= 0.3 is 0 Å². The van der Waals surface area contributed by atoms with Crippen molar-refractivity contribution in [2.45, 2.75) is 19.4 Å². The third-order valence-corrected chi connectivity index (χ3v) is 5.02. The number of nitrogens with zero attached hydrogens (tertiary/aromatic N) is 7.